The van der Waals surface area contributed by atoms with Crippen LogP contribution in [0.5, 0.6) is 0 Å². The molecule has 5 aromatic rings. The minimum absolute atomic E-state index is 0.0577. The van der Waals surface area contributed by atoms with E-state index in [1.807, 2.05) is 13.0 Å². The molecule has 0 unspecified atom stereocenters. The number of nitrogens with one attached hydrogen (secondary N) is 1. The maximum Gasteiger partial charge on any atom is 0.335 e. The molecule has 186 valence electrons. The topological polar surface area (TPSA) is 88.1 Å². The van der Waals surface area contributed by atoms with Crippen molar-refractivity contribution in [2.45, 2.75) is 25.7 Å². The van der Waals surface area contributed by atoms with Crippen LogP contribution in [0.4, 0.5) is 8.78 Å². The quantitative estimate of drug-likeness (QED) is 0.290. The number of carboxylic acids is 1. The van der Waals surface area contributed by atoms with Gasteiger partial charge in [-0.1, -0.05) is 18.2 Å². The zero-order chi connectivity index (χ0) is 25.7. The Morgan fingerprint density at radius 1 is 1.08 bits per heavy atom. The van der Waals surface area contributed by atoms with Gasteiger partial charge in [-0.2, -0.15) is 5.10 Å². The van der Waals surface area contributed by atoms with E-state index in [9.17, 15) is 14.3 Å². The minimum atomic E-state index is -1.02. The van der Waals surface area contributed by atoms with Crippen molar-refractivity contribution < 1.29 is 23.4 Å². The van der Waals surface area contributed by atoms with Crippen LogP contribution in [0, 0.1) is 18.6 Å². The Morgan fingerprint density at radius 2 is 1.84 bits per heavy atom. The van der Waals surface area contributed by atoms with Gasteiger partial charge in [0.1, 0.15) is 16.9 Å². The van der Waals surface area contributed by atoms with Gasteiger partial charge in [0, 0.05) is 29.5 Å². The number of pyridine rings is 1. The molecule has 0 aliphatic carbocycles. The number of hydrogen-bond acceptors (Lipinski definition) is 4. The summed E-state index contributed by atoms with van der Waals surface area (Å²) in [6.07, 6.45) is 3.07. The number of hydrogen-bond donors (Lipinski definition) is 2. The molecular weight excluding hydrogens is 476 g/mol. The predicted octanol–water partition coefficient (Wildman–Crippen LogP) is 6.62. The summed E-state index contributed by atoms with van der Waals surface area (Å²) in [7, 11) is 0. The fourth-order valence-electron chi connectivity index (χ4n) is 5.36. The zero-order valence-electron chi connectivity index (χ0n) is 20.0. The van der Waals surface area contributed by atoms with Crippen LogP contribution in [0.2, 0.25) is 0 Å². The smallest absolute Gasteiger partial charge is 0.335 e. The molecule has 0 atom stereocenters. The average Bonchev–Trinajstić information content (AvgIpc) is 3.38. The number of ether oxygens (including phenoxy) is 1. The van der Waals surface area contributed by atoms with Gasteiger partial charge in [0.05, 0.1) is 17.5 Å². The van der Waals surface area contributed by atoms with Crippen LogP contribution in [-0.4, -0.2) is 39.5 Å². The highest BCUT2D eigenvalue weighted by Gasteiger charge is 2.29. The molecule has 2 N–H and O–H groups in total. The molecule has 0 amide bonds. The number of aromatic amines is 1. The lowest BCUT2D eigenvalue weighted by molar-refractivity contribution is 0.0696. The van der Waals surface area contributed by atoms with E-state index >= 15 is 4.39 Å². The van der Waals surface area contributed by atoms with Crippen LogP contribution in [-0.2, 0) is 4.74 Å². The molecule has 6 nitrogen and oxygen atoms in total. The van der Waals surface area contributed by atoms with Crippen LogP contribution in [0.1, 0.15) is 40.2 Å². The lowest BCUT2D eigenvalue weighted by atomic mass is 9.81. The Hall–Kier alpha value is -4.17. The number of benzene rings is 3. The third-order valence-electron chi connectivity index (χ3n) is 7.16. The average molecular weight is 500 g/mol. The SMILES string of the molecule is Cc1cc(C(=O)O)ccc1-c1nc2c(F)c3[nH]ncc3cc2c(-c2ccc(F)cc2)c1C1CCOCC1. The van der Waals surface area contributed by atoms with Crippen LogP contribution in [0.15, 0.2) is 54.7 Å². The molecule has 0 spiro atoms. The zero-order valence-corrected chi connectivity index (χ0v) is 20.0. The maximum absolute atomic E-state index is 15.9. The first-order valence-corrected chi connectivity index (χ1v) is 12.1. The van der Waals surface area contributed by atoms with E-state index in [1.165, 1.54) is 18.2 Å². The van der Waals surface area contributed by atoms with Crippen molar-refractivity contribution in [2.75, 3.05) is 13.2 Å². The summed E-state index contributed by atoms with van der Waals surface area (Å²) in [5.41, 5.74) is 5.08. The molecule has 8 heteroatoms. The van der Waals surface area contributed by atoms with E-state index in [4.69, 9.17) is 9.72 Å². The second-order valence-corrected chi connectivity index (χ2v) is 9.40. The summed E-state index contributed by atoms with van der Waals surface area (Å²) in [5, 5.41) is 17.4. The van der Waals surface area contributed by atoms with Gasteiger partial charge in [-0.3, -0.25) is 5.10 Å². The summed E-state index contributed by atoms with van der Waals surface area (Å²) in [6, 6.07) is 12.9. The first-order chi connectivity index (χ1) is 17.9. The lowest BCUT2D eigenvalue weighted by Crippen LogP contribution is -2.17. The molecule has 1 aliphatic rings. The standard InChI is InChI=1S/C29H23F2N3O3/c1-15-12-18(29(35)36)4-7-21(15)27-24(17-8-10-37-11-9-17)23(16-2-5-20(30)6-3-16)22-13-19-14-32-34-26(19)25(31)28(22)33-27/h2-7,12-14,17H,8-11H2,1H3,(H,32,34)(H,35,36). The Kier molecular flexibility index (Phi) is 5.68. The van der Waals surface area contributed by atoms with Crippen molar-refractivity contribution in [1.29, 1.82) is 0 Å². The van der Waals surface area contributed by atoms with Gasteiger partial charge in [-0.15, -0.1) is 0 Å². The van der Waals surface area contributed by atoms with Crippen molar-refractivity contribution in [3.8, 4) is 22.4 Å². The molecule has 6 rings (SSSR count). The number of nitrogens with zero attached hydrogens (tertiary/aromatic N) is 2. The molecule has 3 aromatic carbocycles. The van der Waals surface area contributed by atoms with E-state index in [1.54, 1.807) is 30.5 Å². The monoisotopic (exact) mass is 499 g/mol. The highest BCUT2D eigenvalue weighted by molar-refractivity contribution is 6.06. The number of aromatic carboxylic acids is 1. The molecule has 0 radical (unpaired) electrons. The van der Waals surface area contributed by atoms with Crippen LogP contribution in [0.25, 0.3) is 44.2 Å². The van der Waals surface area contributed by atoms with Crippen molar-refractivity contribution in [3.63, 3.8) is 0 Å². The second kappa shape index (κ2) is 9.05. The molecule has 2 aromatic heterocycles. The van der Waals surface area contributed by atoms with Gasteiger partial charge < -0.3 is 9.84 Å². The van der Waals surface area contributed by atoms with Crippen molar-refractivity contribution in [2.24, 2.45) is 0 Å². The summed E-state index contributed by atoms with van der Waals surface area (Å²) in [6.45, 7) is 2.99. The van der Waals surface area contributed by atoms with E-state index in [-0.39, 0.29) is 28.3 Å². The normalized spacial score (nSPS) is 14.5. The second-order valence-electron chi connectivity index (χ2n) is 9.40. The van der Waals surface area contributed by atoms with Crippen molar-refractivity contribution in [3.05, 3.63) is 83.1 Å². The van der Waals surface area contributed by atoms with Gasteiger partial charge in [0.2, 0.25) is 0 Å². The highest BCUT2D eigenvalue weighted by atomic mass is 19.1. The summed E-state index contributed by atoms with van der Waals surface area (Å²) in [5.74, 6) is -1.85. The summed E-state index contributed by atoms with van der Waals surface area (Å²) < 4.78 is 35.5. The summed E-state index contributed by atoms with van der Waals surface area (Å²) in [4.78, 5) is 16.5. The number of rotatable bonds is 4. The number of aryl methyl sites for hydroxylation is 1. The Labute approximate surface area is 210 Å². The van der Waals surface area contributed by atoms with E-state index in [0.29, 0.717) is 35.2 Å². The van der Waals surface area contributed by atoms with Gasteiger partial charge in [-0.25, -0.2) is 18.6 Å². The highest BCUT2D eigenvalue weighted by Crippen LogP contribution is 2.45. The van der Waals surface area contributed by atoms with Gasteiger partial charge >= 0.3 is 5.97 Å². The predicted molar refractivity (Wildman–Crippen MR) is 137 cm³/mol. The van der Waals surface area contributed by atoms with Gasteiger partial charge in [0.15, 0.2) is 5.82 Å². The van der Waals surface area contributed by atoms with E-state index in [2.05, 4.69) is 10.2 Å². The molecule has 1 aliphatic heterocycles. The van der Waals surface area contributed by atoms with Gasteiger partial charge in [0.25, 0.3) is 0 Å². The van der Waals surface area contributed by atoms with Crippen LogP contribution >= 0.6 is 0 Å². The fraction of sp³-hybridized carbons (Fsp3) is 0.207. The maximum atomic E-state index is 15.9. The summed E-state index contributed by atoms with van der Waals surface area (Å²) >= 11 is 0. The lowest BCUT2D eigenvalue weighted by Gasteiger charge is -2.28. The number of fused-ring (bicyclic) bond motifs is 2. The number of carboxylic acid groups (broad SMARTS) is 1. The molecule has 37 heavy (non-hydrogen) atoms. The van der Waals surface area contributed by atoms with Crippen molar-refractivity contribution in [1.82, 2.24) is 15.2 Å². The van der Waals surface area contributed by atoms with Crippen LogP contribution in [0.3, 0.4) is 0 Å². The molecular formula is C29H23F2N3O3. The third-order valence-corrected chi connectivity index (χ3v) is 7.16. The first-order valence-electron chi connectivity index (χ1n) is 12.1. The van der Waals surface area contributed by atoms with E-state index < -0.39 is 11.8 Å². The number of carbonyl (C=O) groups is 1. The Morgan fingerprint density at radius 3 is 2.54 bits per heavy atom. The molecule has 1 saturated heterocycles. The molecule has 0 bridgehead atoms. The molecule has 1 fully saturated rings. The molecule has 3 heterocycles. The van der Waals surface area contributed by atoms with Crippen LogP contribution < -0.4 is 0 Å². The largest absolute Gasteiger partial charge is 0.478 e. The third kappa shape index (κ3) is 3.94. The number of H-pyrrole nitrogens is 1. The number of halogens is 2. The minimum Gasteiger partial charge on any atom is -0.478 e. The number of aromatic nitrogens is 3. The van der Waals surface area contributed by atoms with Crippen molar-refractivity contribution >= 4 is 27.8 Å². The Balaban J connectivity index is 1.77. The molecule has 0 saturated carbocycles. The fourth-order valence-corrected chi connectivity index (χ4v) is 5.36. The first kappa shape index (κ1) is 23.2. The Bertz CT molecular complexity index is 1670. The van der Waals surface area contributed by atoms with Gasteiger partial charge in [-0.05, 0) is 78.3 Å². The van der Waals surface area contributed by atoms with E-state index in [0.717, 1.165) is 35.1 Å².